The summed E-state index contributed by atoms with van der Waals surface area (Å²) in [5.41, 5.74) is 1.01. The summed E-state index contributed by atoms with van der Waals surface area (Å²) in [5, 5.41) is 16.0. The standard InChI is InChI=1S/C13H21N3O3S/c1-9-11(8-17)13(15-14-9)20(18,19)16-7-6-10-4-2-3-5-12(10)16/h10,12,17H,2-8H2,1H3,(H,14,15). The van der Waals surface area contributed by atoms with Gasteiger partial charge < -0.3 is 5.11 Å². The SMILES string of the molecule is Cc1[nH]nc(S(=O)(=O)N2CCC3CCCCC32)c1CO. The molecule has 0 amide bonds. The summed E-state index contributed by atoms with van der Waals surface area (Å²) in [6, 6.07) is 0.122. The third-order valence-electron chi connectivity index (χ3n) is 4.71. The summed E-state index contributed by atoms with van der Waals surface area (Å²) in [6.45, 7) is 2.00. The van der Waals surface area contributed by atoms with Crippen LogP contribution in [0, 0.1) is 12.8 Å². The van der Waals surface area contributed by atoms with Crippen LogP contribution in [0.5, 0.6) is 0 Å². The zero-order valence-corrected chi connectivity index (χ0v) is 12.5. The number of hydrogen-bond donors (Lipinski definition) is 2. The number of fused-ring (bicyclic) bond motifs is 1. The molecule has 1 saturated heterocycles. The van der Waals surface area contributed by atoms with Gasteiger partial charge in [0.05, 0.1) is 6.61 Å². The van der Waals surface area contributed by atoms with Crippen LogP contribution in [0.2, 0.25) is 0 Å². The highest BCUT2D eigenvalue weighted by Gasteiger charge is 2.43. The lowest BCUT2D eigenvalue weighted by Crippen LogP contribution is -2.39. The number of aliphatic hydroxyl groups excluding tert-OH is 1. The minimum absolute atomic E-state index is 0.00345. The lowest BCUT2D eigenvalue weighted by atomic mass is 9.86. The molecule has 2 fully saturated rings. The average molecular weight is 299 g/mol. The number of sulfonamides is 1. The largest absolute Gasteiger partial charge is 0.392 e. The molecule has 1 aliphatic carbocycles. The van der Waals surface area contributed by atoms with Crippen LogP contribution in [-0.4, -0.2) is 40.6 Å². The quantitative estimate of drug-likeness (QED) is 0.877. The second kappa shape index (κ2) is 5.13. The molecule has 2 unspecified atom stereocenters. The van der Waals surface area contributed by atoms with Crippen molar-refractivity contribution in [2.45, 2.75) is 56.7 Å². The number of hydrogen-bond acceptors (Lipinski definition) is 4. The van der Waals surface area contributed by atoms with E-state index in [9.17, 15) is 13.5 Å². The van der Waals surface area contributed by atoms with Crippen molar-refractivity contribution in [3.8, 4) is 0 Å². The predicted octanol–water partition coefficient (Wildman–Crippen LogP) is 1.16. The summed E-state index contributed by atoms with van der Waals surface area (Å²) in [6.07, 6.45) is 5.32. The Balaban J connectivity index is 1.95. The fraction of sp³-hybridized carbons (Fsp3) is 0.769. The number of nitrogens with one attached hydrogen (secondary N) is 1. The van der Waals surface area contributed by atoms with E-state index in [1.165, 1.54) is 6.42 Å². The second-order valence-corrected chi connectivity index (χ2v) is 7.61. The molecular formula is C13H21N3O3S. The highest BCUT2D eigenvalue weighted by Crippen LogP contribution is 2.39. The van der Waals surface area contributed by atoms with Crippen LogP contribution in [0.25, 0.3) is 0 Å². The van der Waals surface area contributed by atoms with Crippen molar-refractivity contribution in [2.24, 2.45) is 5.92 Å². The van der Waals surface area contributed by atoms with Crippen molar-refractivity contribution in [1.82, 2.24) is 14.5 Å². The molecule has 2 atom stereocenters. The maximum atomic E-state index is 12.8. The molecule has 0 aromatic carbocycles. The van der Waals surface area contributed by atoms with E-state index in [4.69, 9.17) is 0 Å². The first-order valence-electron chi connectivity index (χ1n) is 7.22. The molecule has 2 heterocycles. The summed E-state index contributed by atoms with van der Waals surface area (Å²) in [7, 11) is -3.60. The van der Waals surface area contributed by atoms with Crippen LogP contribution >= 0.6 is 0 Å². The van der Waals surface area contributed by atoms with Crippen LogP contribution in [0.1, 0.15) is 43.4 Å². The average Bonchev–Trinajstić information content (AvgIpc) is 3.02. The Bertz CT molecular complexity index is 596. The highest BCUT2D eigenvalue weighted by atomic mass is 32.2. The summed E-state index contributed by atoms with van der Waals surface area (Å²) < 4.78 is 27.2. The van der Waals surface area contributed by atoms with E-state index in [1.807, 2.05) is 0 Å². The van der Waals surface area contributed by atoms with Gasteiger partial charge in [0, 0.05) is 23.8 Å². The van der Waals surface area contributed by atoms with Gasteiger partial charge in [0.15, 0.2) is 5.03 Å². The minimum atomic E-state index is -3.60. The Hall–Kier alpha value is -0.920. The molecular weight excluding hydrogens is 278 g/mol. The number of nitrogens with zero attached hydrogens (tertiary/aromatic N) is 2. The van der Waals surface area contributed by atoms with E-state index in [1.54, 1.807) is 11.2 Å². The maximum Gasteiger partial charge on any atom is 0.263 e. The van der Waals surface area contributed by atoms with Crippen molar-refractivity contribution in [3.05, 3.63) is 11.3 Å². The zero-order chi connectivity index (χ0) is 14.3. The van der Waals surface area contributed by atoms with Crippen LogP contribution in [-0.2, 0) is 16.6 Å². The fourth-order valence-corrected chi connectivity index (χ4v) is 5.49. The molecule has 20 heavy (non-hydrogen) atoms. The molecule has 112 valence electrons. The summed E-state index contributed by atoms with van der Waals surface area (Å²) in [5.74, 6) is 0.496. The van der Waals surface area contributed by atoms with E-state index in [2.05, 4.69) is 10.2 Å². The van der Waals surface area contributed by atoms with Gasteiger partial charge in [-0.25, -0.2) is 8.42 Å². The van der Waals surface area contributed by atoms with E-state index >= 15 is 0 Å². The molecule has 0 radical (unpaired) electrons. The van der Waals surface area contributed by atoms with Gasteiger partial charge in [0.2, 0.25) is 0 Å². The van der Waals surface area contributed by atoms with E-state index in [-0.39, 0.29) is 17.7 Å². The Morgan fingerprint density at radius 3 is 2.85 bits per heavy atom. The molecule has 1 aliphatic heterocycles. The van der Waals surface area contributed by atoms with E-state index in [0.717, 1.165) is 25.7 Å². The molecule has 2 N–H and O–H groups in total. The van der Waals surface area contributed by atoms with Gasteiger partial charge in [0.1, 0.15) is 0 Å². The molecule has 1 saturated carbocycles. The number of H-pyrrole nitrogens is 1. The van der Waals surface area contributed by atoms with Gasteiger partial charge in [-0.3, -0.25) is 5.10 Å². The molecule has 6 nitrogen and oxygen atoms in total. The van der Waals surface area contributed by atoms with Gasteiger partial charge >= 0.3 is 0 Å². The summed E-state index contributed by atoms with van der Waals surface area (Å²) >= 11 is 0. The third-order valence-corrected chi connectivity index (χ3v) is 6.60. The molecule has 2 aliphatic rings. The van der Waals surface area contributed by atoms with Gasteiger partial charge in [-0.15, -0.1) is 0 Å². The van der Waals surface area contributed by atoms with Crippen molar-refractivity contribution < 1.29 is 13.5 Å². The highest BCUT2D eigenvalue weighted by molar-refractivity contribution is 7.89. The number of aliphatic hydroxyl groups is 1. The van der Waals surface area contributed by atoms with Crippen LogP contribution in [0.3, 0.4) is 0 Å². The third kappa shape index (κ3) is 2.08. The van der Waals surface area contributed by atoms with Crippen molar-refractivity contribution in [2.75, 3.05) is 6.54 Å². The van der Waals surface area contributed by atoms with Crippen molar-refractivity contribution >= 4 is 10.0 Å². The molecule has 3 rings (SSSR count). The lowest BCUT2D eigenvalue weighted by molar-refractivity contribution is 0.257. The number of aromatic amines is 1. The van der Waals surface area contributed by atoms with E-state index in [0.29, 0.717) is 23.7 Å². The zero-order valence-electron chi connectivity index (χ0n) is 11.7. The smallest absolute Gasteiger partial charge is 0.263 e. The van der Waals surface area contributed by atoms with Crippen LogP contribution in [0.4, 0.5) is 0 Å². The van der Waals surface area contributed by atoms with Crippen LogP contribution < -0.4 is 0 Å². The van der Waals surface area contributed by atoms with Crippen molar-refractivity contribution in [3.63, 3.8) is 0 Å². The van der Waals surface area contributed by atoms with E-state index < -0.39 is 10.0 Å². The molecule has 1 aromatic heterocycles. The Morgan fingerprint density at radius 1 is 1.35 bits per heavy atom. The van der Waals surface area contributed by atoms with Gasteiger partial charge in [0.25, 0.3) is 10.0 Å². The lowest BCUT2D eigenvalue weighted by Gasteiger charge is -2.30. The maximum absolute atomic E-state index is 12.8. The molecule has 7 heteroatoms. The Labute approximate surface area is 119 Å². The Kier molecular flexibility index (Phi) is 3.60. The minimum Gasteiger partial charge on any atom is -0.392 e. The number of aryl methyl sites for hydroxylation is 1. The fourth-order valence-electron chi connectivity index (χ4n) is 3.60. The first-order chi connectivity index (χ1) is 9.55. The van der Waals surface area contributed by atoms with Gasteiger partial charge in [-0.05, 0) is 32.1 Å². The normalized spacial score (nSPS) is 27.7. The molecule has 0 spiro atoms. The van der Waals surface area contributed by atoms with Gasteiger partial charge in [-0.1, -0.05) is 12.8 Å². The first-order valence-corrected chi connectivity index (χ1v) is 8.66. The number of rotatable bonds is 3. The predicted molar refractivity (Wildman–Crippen MR) is 73.5 cm³/mol. The second-order valence-electron chi connectivity index (χ2n) is 5.81. The van der Waals surface area contributed by atoms with Gasteiger partial charge in [-0.2, -0.15) is 9.40 Å². The Morgan fingerprint density at radius 2 is 2.10 bits per heavy atom. The summed E-state index contributed by atoms with van der Waals surface area (Å²) in [4.78, 5) is 0. The van der Waals surface area contributed by atoms with Crippen molar-refractivity contribution in [1.29, 1.82) is 0 Å². The topological polar surface area (TPSA) is 86.3 Å². The van der Waals surface area contributed by atoms with Crippen LogP contribution in [0.15, 0.2) is 5.03 Å². The molecule has 0 bridgehead atoms. The number of aromatic nitrogens is 2. The first kappa shape index (κ1) is 14.0. The molecule has 1 aromatic rings. The monoisotopic (exact) mass is 299 g/mol.